The third kappa shape index (κ3) is 3.11. The summed E-state index contributed by atoms with van der Waals surface area (Å²) in [4.78, 5) is 19.9. The molecule has 0 aliphatic rings. The topological polar surface area (TPSA) is 80.9 Å². The Hall–Kier alpha value is -2.34. The minimum absolute atomic E-state index is 0.274. The molecule has 0 unspecified atom stereocenters. The van der Waals surface area contributed by atoms with Crippen molar-refractivity contribution < 1.29 is 4.79 Å². The van der Waals surface area contributed by atoms with E-state index in [0.29, 0.717) is 21.8 Å². The van der Waals surface area contributed by atoms with E-state index in [-0.39, 0.29) is 5.91 Å². The van der Waals surface area contributed by atoms with Gasteiger partial charge in [-0.3, -0.25) is 4.79 Å². The van der Waals surface area contributed by atoms with E-state index in [0.717, 1.165) is 5.56 Å². The molecule has 2 aromatic rings. The van der Waals surface area contributed by atoms with Gasteiger partial charge in [0, 0.05) is 23.6 Å². The SMILES string of the molecule is Cc1ccc(C(N)=S)cc1NC(=O)c1cncnc1. The minimum Gasteiger partial charge on any atom is -0.389 e. The fourth-order valence-corrected chi connectivity index (χ4v) is 1.65. The van der Waals surface area contributed by atoms with Crippen LogP contribution in [-0.2, 0) is 0 Å². The van der Waals surface area contributed by atoms with Gasteiger partial charge in [-0.25, -0.2) is 9.97 Å². The van der Waals surface area contributed by atoms with Gasteiger partial charge in [0.2, 0.25) is 0 Å². The third-order valence-corrected chi connectivity index (χ3v) is 2.83. The van der Waals surface area contributed by atoms with Crippen LogP contribution in [0.4, 0.5) is 5.69 Å². The number of aromatic nitrogens is 2. The molecule has 0 atom stereocenters. The zero-order valence-electron chi connectivity index (χ0n) is 10.3. The van der Waals surface area contributed by atoms with E-state index in [2.05, 4.69) is 15.3 Å². The molecule has 1 aromatic heterocycles. The lowest BCUT2D eigenvalue weighted by Gasteiger charge is -2.09. The quantitative estimate of drug-likeness (QED) is 0.831. The number of thiocarbonyl (C=S) groups is 1. The molecule has 1 heterocycles. The monoisotopic (exact) mass is 272 g/mol. The zero-order chi connectivity index (χ0) is 13.8. The van der Waals surface area contributed by atoms with Gasteiger partial charge in [-0.15, -0.1) is 0 Å². The molecular formula is C13H12N4OS. The number of nitrogens with zero attached hydrogens (tertiary/aromatic N) is 2. The number of nitrogens with two attached hydrogens (primary N) is 1. The van der Waals surface area contributed by atoms with E-state index in [1.165, 1.54) is 18.7 Å². The first-order valence-electron chi connectivity index (χ1n) is 5.55. The van der Waals surface area contributed by atoms with Gasteiger partial charge in [-0.05, 0) is 18.6 Å². The molecule has 6 heteroatoms. The van der Waals surface area contributed by atoms with Crippen LogP contribution in [0.3, 0.4) is 0 Å². The Labute approximate surface area is 115 Å². The van der Waals surface area contributed by atoms with Gasteiger partial charge in [0.15, 0.2) is 0 Å². The predicted octanol–water partition coefficient (Wildman–Crippen LogP) is 1.67. The smallest absolute Gasteiger partial charge is 0.258 e. The second kappa shape index (κ2) is 5.53. The fourth-order valence-electron chi connectivity index (χ4n) is 1.52. The number of benzene rings is 1. The lowest BCUT2D eigenvalue weighted by molar-refractivity contribution is 0.102. The molecule has 0 radical (unpaired) electrons. The number of carbonyl (C=O) groups excluding carboxylic acids is 1. The Kier molecular flexibility index (Phi) is 3.82. The Morgan fingerprint density at radius 1 is 1.26 bits per heavy atom. The van der Waals surface area contributed by atoms with Gasteiger partial charge in [-0.1, -0.05) is 24.4 Å². The first-order chi connectivity index (χ1) is 9.08. The summed E-state index contributed by atoms with van der Waals surface area (Å²) in [5, 5.41) is 2.79. The van der Waals surface area contributed by atoms with Crippen LogP contribution in [0.1, 0.15) is 21.5 Å². The highest BCUT2D eigenvalue weighted by Gasteiger charge is 2.09. The molecule has 0 bridgehead atoms. The van der Waals surface area contributed by atoms with Crippen LogP contribution < -0.4 is 11.1 Å². The Bertz CT molecular complexity index is 628. The van der Waals surface area contributed by atoms with Crippen molar-refractivity contribution >= 4 is 28.8 Å². The van der Waals surface area contributed by atoms with Crippen LogP contribution in [0.25, 0.3) is 0 Å². The van der Waals surface area contributed by atoms with Crippen LogP contribution in [0.15, 0.2) is 36.9 Å². The predicted molar refractivity (Wildman–Crippen MR) is 77.1 cm³/mol. The average Bonchev–Trinajstić information content (AvgIpc) is 2.42. The number of hydrogen-bond acceptors (Lipinski definition) is 4. The summed E-state index contributed by atoms with van der Waals surface area (Å²) in [6, 6.07) is 5.42. The summed E-state index contributed by atoms with van der Waals surface area (Å²) in [6.45, 7) is 1.89. The molecule has 3 N–H and O–H groups in total. The van der Waals surface area contributed by atoms with Gasteiger partial charge in [0.25, 0.3) is 5.91 Å². The maximum Gasteiger partial charge on any atom is 0.258 e. The fraction of sp³-hybridized carbons (Fsp3) is 0.0769. The molecule has 0 fully saturated rings. The molecule has 0 aliphatic carbocycles. The molecule has 19 heavy (non-hydrogen) atoms. The molecule has 0 saturated heterocycles. The van der Waals surface area contributed by atoms with Crippen molar-refractivity contribution in [2.75, 3.05) is 5.32 Å². The highest BCUT2D eigenvalue weighted by Crippen LogP contribution is 2.17. The number of nitrogens with one attached hydrogen (secondary N) is 1. The number of carbonyl (C=O) groups is 1. The van der Waals surface area contributed by atoms with Crippen LogP contribution in [-0.4, -0.2) is 20.9 Å². The maximum absolute atomic E-state index is 12.0. The van der Waals surface area contributed by atoms with E-state index < -0.39 is 0 Å². The Morgan fingerprint density at radius 2 is 1.95 bits per heavy atom. The summed E-state index contributed by atoms with van der Waals surface area (Å²) in [5.41, 5.74) is 8.26. The molecule has 0 saturated carbocycles. The molecule has 1 amide bonds. The van der Waals surface area contributed by atoms with Crippen molar-refractivity contribution in [3.05, 3.63) is 53.6 Å². The number of aryl methyl sites for hydroxylation is 1. The summed E-state index contributed by atoms with van der Waals surface area (Å²) in [5.74, 6) is -0.274. The van der Waals surface area contributed by atoms with E-state index >= 15 is 0 Å². The Balaban J connectivity index is 2.26. The van der Waals surface area contributed by atoms with Crippen molar-refractivity contribution in [3.63, 3.8) is 0 Å². The number of amides is 1. The molecule has 96 valence electrons. The molecule has 0 aliphatic heterocycles. The number of anilines is 1. The maximum atomic E-state index is 12.0. The first-order valence-corrected chi connectivity index (χ1v) is 5.95. The minimum atomic E-state index is -0.274. The summed E-state index contributed by atoms with van der Waals surface area (Å²) >= 11 is 4.92. The van der Waals surface area contributed by atoms with Crippen LogP contribution in [0.2, 0.25) is 0 Å². The van der Waals surface area contributed by atoms with Crippen molar-refractivity contribution in [1.82, 2.24) is 9.97 Å². The van der Waals surface area contributed by atoms with Crippen molar-refractivity contribution in [2.24, 2.45) is 5.73 Å². The molecule has 5 nitrogen and oxygen atoms in total. The lowest BCUT2D eigenvalue weighted by atomic mass is 10.1. The third-order valence-electron chi connectivity index (χ3n) is 2.59. The Morgan fingerprint density at radius 3 is 2.58 bits per heavy atom. The highest BCUT2D eigenvalue weighted by molar-refractivity contribution is 7.80. The van der Waals surface area contributed by atoms with Gasteiger partial charge >= 0.3 is 0 Å². The second-order valence-corrected chi connectivity index (χ2v) is 4.42. The van der Waals surface area contributed by atoms with Crippen molar-refractivity contribution in [2.45, 2.75) is 6.92 Å². The van der Waals surface area contributed by atoms with E-state index in [1.54, 1.807) is 6.07 Å². The normalized spacial score (nSPS) is 9.95. The number of hydrogen-bond donors (Lipinski definition) is 2. The molecule has 2 rings (SSSR count). The van der Waals surface area contributed by atoms with E-state index in [1.807, 2.05) is 19.1 Å². The van der Waals surface area contributed by atoms with Crippen LogP contribution in [0, 0.1) is 6.92 Å². The van der Waals surface area contributed by atoms with Gasteiger partial charge in [0.05, 0.1) is 5.56 Å². The molecule has 0 spiro atoms. The molecular weight excluding hydrogens is 260 g/mol. The van der Waals surface area contributed by atoms with Crippen LogP contribution >= 0.6 is 12.2 Å². The lowest BCUT2D eigenvalue weighted by Crippen LogP contribution is -2.15. The first kappa shape index (κ1) is 13.1. The average molecular weight is 272 g/mol. The van der Waals surface area contributed by atoms with Crippen molar-refractivity contribution in [3.8, 4) is 0 Å². The summed E-state index contributed by atoms with van der Waals surface area (Å²) in [7, 11) is 0. The van der Waals surface area contributed by atoms with E-state index in [9.17, 15) is 4.79 Å². The highest BCUT2D eigenvalue weighted by atomic mass is 32.1. The van der Waals surface area contributed by atoms with Gasteiger partial charge in [0.1, 0.15) is 11.3 Å². The van der Waals surface area contributed by atoms with Crippen molar-refractivity contribution in [1.29, 1.82) is 0 Å². The summed E-state index contributed by atoms with van der Waals surface area (Å²) < 4.78 is 0. The molecule has 1 aromatic carbocycles. The van der Waals surface area contributed by atoms with E-state index in [4.69, 9.17) is 18.0 Å². The van der Waals surface area contributed by atoms with Gasteiger partial charge < -0.3 is 11.1 Å². The van der Waals surface area contributed by atoms with Crippen LogP contribution in [0.5, 0.6) is 0 Å². The largest absolute Gasteiger partial charge is 0.389 e. The summed E-state index contributed by atoms with van der Waals surface area (Å²) in [6.07, 6.45) is 4.28. The second-order valence-electron chi connectivity index (χ2n) is 3.98. The standard InChI is InChI=1S/C13H12N4OS/c1-8-2-3-9(12(14)19)4-11(8)17-13(18)10-5-15-7-16-6-10/h2-7H,1H3,(H2,14,19)(H,17,18). The van der Waals surface area contributed by atoms with Gasteiger partial charge in [-0.2, -0.15) is 0 Å². The zero-order valence-corrected chi connectivity index (χ0v) is 11.1. The number of rotatable bonds is 3.